The fourth-order valence-electron chi connectivity index (χ4n) is 2.66. The number of esters is 2. The van der Waals surface area contributed by atoms with Crippen molar-refractivity contribution in [3.8, 4) is 0 Å². The van der Waals surface area contributed by atoms with E-state index < -0.39 is 18.0 Å². The van der Waals surface area contributed by atoms with Crippen LogP contribution in [-0.2, 0) is 9.47 Å². The molecular weight excluding hydrogens is 408 g/mol. The van der Waals surface area contributed by atoms with E-state index in [1.165, 1.54) is 0 Å². The van der Waals surface area contributed by atoms with Crippen molar-refractivity contribution >= 4 is 27.9 Å². The van der Waals surface area contributed by atoms with Gasteiger partial charge in [-0.05, 0) is 43.2 Å². The van der Waals surface area contributed by atoms with Crippen molar-refractivity contribution in [2.45, 2.75) is 45.6 Å². The van der Waals surface area contributed by atoms with Gasteiger partial charge in [0.2, 0.25) is 0 Å². The zero-order valence-electron chi connectivity index (χ0n) is 15.7. The lowest BCUT2D eigenvalue weighted by Crippen LogP contribution is -2.16. The fourth-order valence-corrected chi connectivity index (χ4v) is 3.08. The molecule has 1 unspecified atom stereocenters. The topological polar surface area (TPSA) is 52.6 Å². The van der Waals surface area contributed by atoms with Crippen LogP contribution in [0.15, 0.2) is 53.0 Å². The lowest BCUT2D eigenvalue weighted by atomic mass is 10.1. The maximum absolute atomic E-state index is 12.6. The summed E-state index contributed by atoms with van der Waals surface area (Å²) in [7, 11) is 0. The summed E-state index contributed by atoms with van der Waals surface area (Å²) in [5.41, 5.74) is 1.33. The number of halogens is 1. The van der Waals surface area contributed by atoms with E-state index in [2.05, 4.69) is 22.9 Å². The van der Waals surface area contributed by atoms with E-state index in [9.17, 15) is 9.59 Å². The number of hydrogen-bond donors (Lipinski definition) is 0. The summed E-state index contributed by atoms with van der Waals surface area (Å²) in [5.74, 6) is -1.03. The third kappa shape index (κ3) is 6.51. The second-order valence-corrected chi connectivity index (χ2v) is 7.26. The molecule has 0 amide bonds. The van der Waals surface area contributed by atoms with Gasteiger partial charge < -0.3 is 9.47 Å². The molecule has 2 aromatic rings. The van der Waals surface area contributed by atoms with Crippen LogP contribution in [0, 0.1) is 0 Å². The van der Waals surface area contributed by atoms with E-state index in [1.807, 2.05) is 24.3 Å². The number of unbranched alkanes of at least 4 members (excludes halogenated alkanes) is 3. The largest absolute Gasteiger partial charge is 0.462 e. The minimum Gasteiger partial charge on any atom is -0.462 e. The van der Waals surface area contributed by atoms with E-state index >= 15 is 0 Å². The number of rotatable bonds is 9. The van der Waals surface area contributed by atoms with E-state index in [-0.39, 0.29) is 11.1 Å². The molecule has 144 valence electrons. The van der Waals surface area contributed by atoms with Crippen molar-refractivity contribution in [1.29, 1.82) is 0 Å². The lowest BCUT2D eigenvalue weighted by Gasteiger charge is -2.15. The lowest BCUT2D eigenvalue weighted by molar-refractivity contribution is 0.0324. The molecule has 0 heterocycles. The average Bonchev–Trinajstić information content (AvgIpc) is 2.67. The van der Waals surface area contributed by atoms with E-state index in [0.717, 1.165) is 35.7 Å². The molecule has 5 heteroatoms. The minimum absolute atomic E-state index is 0.220. The SMILES string of the molecule is CCCCCCOC(=O)c1ccccc1C(=O)OC(C)c1cccc(Br)c1. The Morgan fingerprint density at radius 1 is 0.963 bits per heavy atom. The molecular formula is C22H25BrO4. The van der Waals surface area contributed by atoms with Gasteiger partial charge in [-0.2, -0.15) is 0 Å². The molecule has 0 bridgehead atoms. The normalized spacial score (nSPS) is 11.7. The second-order valence-electron chi connectivity index (χ2n) is 6.34. The van der Waals surface area contributed by atoms with E-state index in [0.29, 0.717) is 6.61 Å². The van der Waals surface area contributed by atoms with Gasteiger partial charge in [0.05, 0.1) is 17.7 Å². The molecule has 0 spiro atoms. The first-order valence-corrected chi connectivity index (χ1v) is 10.0. The van der Waals surface area contributed by atoms with Crippen LogP contribution in [0.4, 0.5) is 0 Å². The summed E-state index contributed by atoms with van der Waals surface area (Å²) in [5, 5.41) is 0. The number of carbonyl (C=O) groups excluding carboxylic acids is 2. The molecule has 0 aliphatic heterocycles. The maximum atomic E-state index is 12.6. The molecule has 0 aliphatic carbocycles. The van der Waals surface area contributed by atoms with Crippen LogP contribution in [0.1, 0.15) is 71.9 Å². The van der Waals surface area contributed by atoms with Crippen molar-refractivity contribution in [3.63, 3.8) is 0 Å². The summed E-state index contributed by atoms with van der Waals surface area (Å²) in [6.07, 6.45) is 3.66. The zero-order chi connectivity index (χ0) is 19.6. The molecule has 0 fully saturated rings. The van der Waals surface area contributed by atoms with E-state index in [1.54, 1.807) is 31.2 Å². The Hall–Kier alpha value is -2.14. The Morgan fingerprint density at radius 2 is 1.67 bits per heavy atom. The average molecular weight is 433 g/mol. The highest BCUT2D eigenvalue weighted by Crippen LogP contribution is 2.23. The van der Waals surface area contributed by atoms with Gasteiger partial charge in [-0.15, -0.1) is 0 Å². The predicted octanol–water partition coefficient (Wildman–Crippen LogP) is 6.10. The molecule has 0 N–H and O–H groups in total. The van der Waals surface area contributed by atoms with Crippen LogP contribution in [0.3, 0.4) is 0 Å². The monoisotopic (exact) mass is 432 g/mol. The number of hydrogen-bond acceptors (Lipinski definition) is 4. The summed E-state index contributed by atoms with van der Waals surface area (Å²) >= 11 is 3.41. The van der Waals surface area contributed by atoms with Crippen molar-refractivity contribution in [2.24, 2.45) is 0 Å². The number of ether oxygens (including phenoxy) is 2. The highest BCUT2D eigenvalue weighted by molar-refractivity contribution is 9.10. The Bertz CT molecular complexity index is 772. The van der Waals surface area contributed by atoms with Gasteiger partial charge in [-0.1, -0.05) is 66.4 Å². The maximum Gasteiger partial charge on any atom is 0.339 e. The second kappa shape index (κ2) is 10.9. The van der Waals surface area contributed by atoms with Gasteiger partial charge >= 0.3 is 11.9 Å². The first-order chi connectivity index (χ1) is 13.0. The highest BCUT2D eigenvalue weighted by atomic mass is 79.9. The van der Waals surface area contributed by atoms with Crippen LogP contribution in [0.2, 0.25) is 0 Å². The van der Waals surface area contributed by atoms with Gasteiger partial charge in [0, 0.05) is 4.47 Å². The Balaban J connectivity index is 2.03. The molecule has 0 aliphatic rings. The molecule has 0 radical (unpaired) electrons. The van der Waals surface area contributed by atoms with Crippen LogP contribution in [0.5, 0.6) is 0 Å². The fraction of sp³-hybridized carbons (Fsp3) is 0.364. The molecule has 4 nitrogen and oxygen atoms in total. The van der Waals surface area contributed by atoms with E-state index in [4.69, 9.17) is 9.47 Å². The molecule has 0 saturated heterocycles. The van der Waals surface area contributed by atoms with Gasteiger partial charge in [0.25, 0.3) is 0 Å². The quantitative estimate of drug-likeness (QED) is 0.354. The molecule has 27 heavy (non-hydrogen) atoms. The molecule has 2 aromatic carbocycles. The van der Waals surface area contributed by atoms with Crippen molar-refractivity contribution < 1.29 is 19.1 Å². The third-order valence-electron chi connectivity index (χ3n) is 4.20. The summed E-state index contributed by atoms with van der Waals surface area (Å²) < 4.78 is 11.8. The van der Waals surface area contributed by atoms with Gasteiger partial charge in [0.15, 0.2) is 0 Å². The number of benzene rings is 2. The summed E-state index contributed by atoms with van der Waals surface area (Å²) in [6, 6.07) is 14.2. The number of carbonyl (C=O) groups is 2. The summed E-state index contributed by atoms with van der Waals surface area (Å²) in [6.45, 7) is 4.29. The molecule has 0 saturated carbocycles. The molecule has 1 atom stereocenters. The van der Waals surface area contributed by atoms with Crippen LogP contribution >= 0.6 is 15.9 Å². The minimum atomic E-state index is -0.541. The van der Waals surface area contributed by atoms with Crippen molar-refractivity contribution in [3.05, 3.63) is 69.7 Å². The highest BCUT2D eigenvalue weighted by Gasteiger charge is 2.21. The Morgan fingerprint density at radius 3 is 2.33 bits per heavy atom. The van der Waals surface area contributed by atoms with Crippen molar-refractivity contribution in [1.82, 2.24) is 0 Å². The third-order valence-corrected chi connectivity index (χ3v) is 4.69. The Labute approximate surface area is 169 Å². The van der Waals surface area contributed by atoms with Crippen LogP contribution in [-0.4, -0.2) is 18.5 Å². The van der Waals surface area contributed by atoms with Crippen molar-refractivity contribution in [2.75, 3.05) is 6.61 Å². The summed E-state index contributed by atoms with van der Waals surface area (Å²) in [4.78, 5) is 25.0. The van der Waals surface area contributed by atoms with Gasteiger partial charge in [-0.25, -0.2) is 9.59 Å². The van der Waals surface area contributed by atoms with Crippen LogP contribution in [0.25, 0.3) is 0 Å². The first-order valence-electron chi connectivity index (χ1n) is 9.25. The van der Waals surface area contributed by atoms with Gasteiger partial charge in [0.1, 0.15) is 6.10 Å². The zero-order valence-corrected chi connectivity index (χ0v) is 17.3. The molecule has 0 aromatic heterocycles. The smallest absolute Gasteiger partial charge is 0.339 e. The van der Waals surface area contributed by atoms with Gasteiger partial charge in [-0.3, -0.25) is 0 Å². The van der Waals surface area contributed by atoms with Crippen LogP contribution < -0.4 is 0 Å². The Kier molecular flexibility index (Phi) is 8.52. The predicted molar refractivity (Wildman–Crippen MR) is 109 cm³/mol. The standard InChI is InChI=1S/C22H25BrO4/c1-3-4-5-8-14-26-21(24)19-12-6-7-13-20(19)22(25)27-16(2)17-10-9-11-18(23)15-17/h6-7,9-13,15-16H,3-5,8,14H2,1-2H3. The molecule has 2 rings (SSSR count). The first kappa shape index (κ1) is 21.2.